The van der Waals surface area contributed by atoms with Gasteiger partial charge in [-0.2, -0.15) is 4.40 Å². The van der Waals surface area contributed by atoms with Gasteiger partial charge in [0, 0.05) is 23.5 Å². The molecular formula is C20H33NO2S. The Morgan fingerprint density at radius 1 is 1.25 bits per heavy atom. The highest BCUT2D eigenvalue weighted by Gasteiger charge is 2.41. The number of hydrogen-bond donors (Lipinski definition) is 0. The minimum Gasteiger partial charge on any atom is -0.299 e. The Balaban J connectivity index is 2.08. The van der Waals surface area contributed by atoms with E-state index in [4.69, 9.17) is 0 Å². The van der Waals surface area contributed by atoms with Crippen molar-refractivity contribution in [3.63, 3.8) is 0 Å². The molecule has 0 aromatic carbocycles. The zero-order chi connectivity index (χ0) is 17.8. The number of unbranched alkanes of at least 4 members (excludes halogenated alkanes) is 1. The number of ketones is 1. The van der Waals surface area contributed by atoms with Crippen molar-refractivity contribution in [2.75, 3.05) is 0 Å². The molecule has 3 aliphatic rings. The number of carbonyl (C=O) groups excluding carboxylic acids is 1. The van der Waals surface area contributed by atoms with E-state index in [1.54, 1.807) is 0 Å². The average Bonchev–Trinajstić information content (AvgIpc) is 2.53. The molecule has 2 unspecified atom stereocenters. The maximum Gasteiger partial charge on any atom is 0.144 e. The smallest absolute Gasteiger partial charge is 0.144 e. The SMILES string of the molecule is C=CCCCC1CCC2(/C=N/S(=O)C(C)(C)C)CCC(CC2)C1=O. The third-order valence-electron chi connectivity index (χ3n) is 5.68. The topological polar surface area (TPSA) is 46.5 Å². The molecule has 0 N–H and O–H groups in total. The standard InChI is InChI=1S/C20H33NO2S/c1-5-6-7-8-16-9-12-20(15-21-24(23)19(2,3)4)13-10-17(11-14-20)18(16)22/h5,15-17H,1,6-14H2,2-4H3/b21-15+. The van der Waals surface area contributed by atoms with Crippen LogP contribution in [0.25, 0.3) is 0 Å². The number of nitrogens with zero attached hydrogens (tertiary/aromatic N) is 1. The van der Waals surface area contributed by atoms with Crippen LogP contribution in [0.1, 0.15) is 78.6 Å². The van der Waals surface area contributed by atoms with Crippen LogP contribution < -0.4 is 0 Å². The highest BCUT2D eigenvalue weighted by molar-refractivity contribution is 7.85. The second kappa shape index (κ2) is 8.07. The van der Waals surface area contributed by atoms with Crippen LogP contribution in [0.2, 0.25) is 0 Å². The van der Waals surface area contributed by atoms with Crippen molar-refractivity contribution in [1.29, 1.82) is 0 Å². The number of fused-ring (bicyclic) bond motifs is 5. The van der Waals surface area contributed by atoms with Crippen LogP contribution in [-0.2, 0) is 15.8 Å². The first kappa shape index (κ1) is 19.6. The molecule has 0 amide bonds. The molecule has 4 heteroatoms. The van der Waals surface area contributed by atoms with E-state index in [1.807, 2.05) is 33.1 Å². The van der Waals surface area contributed by atoms with Crippen LogP contribution >= 0.6 is 0 Å². The van der Waals surface area contributed by atoms with Crippen LogP contribution in [0.3, 0.4) is 0 Å². The van der Waals surface area contributed by atoms with Gasteiger partial charge in [-0.15, -0.1) is 6.58 Å². The predicted molar refractivity (Wildman–Crippen MR) is 103 cm³/mol. The molecule has 3 fully saturated rings. The van der Waals surface area contributed by atoms with Gasteiger partial charge in [-0.25, -0.2) is 4.21 Å². The Bertz CT molecular complexity index is 510. The van der Waals surface area contributed by atoms with E-state index in [9.17, 15) is 9.00 Å². The molecule has 136 valence electrons. The molecule has 3 nitrogen and oxygen atoms in total. The van der Waals surface area contributed by atoms with Crippen molar-refractivity contribution in [1.82, 2.24) is 0 Å². The van der Waals surface area contributed by atoms with Gasteiger partial charge in [0.1, 0.15) is 16.8 Å². The lowest BCUT2D eigenvalue weighted by Crippen LogP contribution is -2.38. The van der Waals surface area contributed by atoms with Gasteiger partial charge in [-0.1, -0.05) is 6.08 Å². The lowest BCUT2D eigenvalue weighted by atomic mass is 9.62. The number of carbonyl (C=O) groups is 1. The Hall–Kier alpha value is -0.770. The first-order valence-corrected chi connectivity index (χ1v) is 10.5. The molecule has 3 rings (SSSR count). The van der Waals surface area contributed by atoms with Crippen molar-refractivity contribution >= 4 is 23.0 Å². The van der Waals surface area contributed by atoms with Crippen molar-refractivity contribution in [2.24, 2.45) is 21.6 Å². The molecule has 2 atom stereocenters. The number of allylic oxidation sites excluding steroid dienone is 1. The Morgan fingerprint density at radius 2 is 1.88 bits per heavy atom. The molecule has 3 saturated carbocycles. The fourth-order valence-corrected chi connectivity index (χ4v) is 4.61. The van der Waals surface area contributed by atoms with E-state index in [-0.39, 0.29) is 22.0 Å². The predicted octanol–water partition coefficient (Wildman–Crippen LogP) is 5.03. The normalized spacial score (nSPS) is 32.5. The van der Waals surface area contributed by atoms with Gasteiger partial charge in [0.05, 0.1) is 4.75 Å². The zero-order valence-corrected chi connectivity index (χ0v) is 16.4. The van der Waals surface area contributed by atoms with Crippen molar-refractivity contribution in [3.8, 4) is 0 Å². The summed E-state index contributed by atoms with van der Waals surface area (Å²) in [4.78, 5) is 12.7. The molecule has 2 bridgehead atoms. The summed E-state index contributed by atoms with van der Waals surface area (Å²) >= 11 is 0. The first-order valence-electron chi connectivity index (χ1n) is 9.39. The minimum absolute atomic E-state index is 0.0643. The van der Waals surface area contributed by atoms with Crippen LogP contribution in [0.15, 0.2) is 17.1 Å². The molecule has 0 aliphatic heterocycles. The van der Waals surface area contributed by atoms with Gasteiger partial charge in [0.25, 0.3) is 0 Å². The molecule has 3 aliphatic carbocycles. The summed E-state index contributed by atoms with van der Waals surface area (Å²) in [6.07, 6.45) is 12.9. The number of rotatable bonds is 6. The first-order chi connectivity index (χ1) is 11.3. The van der Waals surface area contributed by atoms with Crippen molar-refractivity contribution < 1.29 is 9.00 Å². The van der Waals surface area contributed by atoms with Crippen LogP contribution in [0.5, 0.6) is 0 Å². The maximum absolute atomic E-state index is 12.7. The van der Waals surface area contributed by atoms with Gasteiger partial charge in [0.15, 0.2) is 0 Å². The van der Waals surface area contributed by atoms with Gasteiger partial charge >= 0.3 is 0 Å². The molecule has 0 saturated heterocycles. The highest BCUT2D eigenvalue weighted by Crippen LogP contribution is 2.46. The molecule has 0 aromatic heterocycles. The molecule has 0 aromatic rings. The summed E-state index contributed by atoms with van der Waals surface area (Å²) < 4.78 is 16.4. The second-order valence-electron chi connectivity index (χ2n) is 8.59. The fourth-order valence-electron chi connectivity index (χ4n) is 3.97. The zero-order valence-electron chi connectivity index (χ0n) is 15.6. The van der Waals surface area contributed by atoms with Crippen LogP contribution in [0, 0.1) is 17.3 Å². The van der Waals surface area contributed by atoms with Gasteiger partial charge in [-0.3, -0.25) is 4.79 Å². The van der Waals surface area contributed by atoms with Gasteiger partial charge in [-0.05, 0) is 78.6 Å². The summed E-state index contributed by atoms with van der Waals surface area (Å²) in [5.41, 5.74) is 0.0643. The summed E-state index contributed by atoms with van der Waals surface area (Å²) in [6.45, 7) is 9.65. The lowest BCUT2D eigenvalue weighted by Gasteiger charge is -2.41. The summed E-state index contributed by atoms with van der Waals surface area (Å²) in [5.74, 6) is 0.952. The van der Waals surface area contributed by atoms with E-state index < -0.39 is 11.0 Å². The largest absolute Gasteiger partial charge is 0.299 e. The summed E-state index contributed by atoms with van der Waals surface area (Å²) in [5, 5.41) is 0. The third-order valence-corrected chi connectivity index (χ3v) is 7.03. The molecule has 24 heavy (non-hydrogen) atoms. The highest BCUT2D eigenvalue weighted by atomic mass is 32.2. The Labute approximate surface area is 150 Å². The second-order valence-corrected chi connectivity index (χ2v) is 10.5. The third kappa shape index (κ3) is 4.87. The molecule has 0 spiro atoms. The number of Topliss-reactive ketones (excluding diaryl/α,β-unsaturated/α-hetero) is 1. The van der Waals surface area contributed by atoms with Crippen molar-refractivity contribution in [2.45, 2.75) is 83.3 Å². The summed E-state index contributed by atoms with van der Waals surface area (Å²) in [7, 11) is -1.19. The monoisotopic (exact) mass is 351 g/mol. The van der Waals surface area contributed by atoms with E-state index >= 15 is 0 Å². The number of hydrogen-bond acceptors (Lipinski definition) is 2. The summed E-state index contributed by atoms with van der Waals surface area (Å²) in [6, 6.07) is 0. The van der Waals surface area contributed by atoms with E-state index in [2.05, 4.69) is 11.0 Å². The lowest BCUT2D eigenvalue weighted by molar-refractivity contribution is -0.130. The van der Waals surface area contributed by atoms with E-state index in [0.717, 1.165) is 57.8 Å². The van der Waals surface area contributed by atoms with Gasteiger partial charge < -0.3 is 0 Å². The molecule has 0 heterocycles. The quantitative estimate of drug-likeness (QED) is 0.383. The Kier molecular flexibility index (Phi) is 6.58. The van der Waals surface area contributed by atoms with Gasteiger partial charge in [0.2, 0.25) is 0 Å². The molecular weight excluding hydrogens is 318 g/mol. The Morgan fingerprint density at radius 3 is 2.46 bits per heavy atom. The van der Waals surface area contributed by atoms with Crippen LogP contribution in [0.4, 0.5) is 0 Å². The average molecular weight is 352 g/mol. The van der Waals surface area contributed by atoms with Crippen molar-refractivity contribution in [3.05, 3.63) is 12.7 Å². The maximum atomic E-state index is 12.7. The fraction of sp³-hybridized carbons (Fsp3) is 0.800. The van der Waals surface area contributed by atoms with E-state index in [1.165, 1.54) is 0 Å². The minimum atomic E-state index is -1.19. The van der Waals surface area contributed by atoms with Crippen LogP contribution in [-0.4, -0.2) is 21.0 Å². The molecule has 0 radical (unpaired) electrons. The van der Waals surface area contributed by atoms with E-state index in [0.29, 0.717) is 5.78 Å².